The first-order chi connectivity index (χ1) is 7.60. The molecule has 2 atom stereocenters. The SMILES string of the molecule is CC(C)NCC(C)S(=O)(=O)N(C)C(C)C(C)C. The summed E-state index contributed by atoms with van der Waals surface area (Å²) in [6, 6.07) is 0.335. The van der Waals surface area contributed by atoms with Crippen molar-refractivity contribution in [1.29, 1.82) is 0 Å². The molecule has 0 aliphatic heterocycles. The van der Waals surface area contributed by atoms with Gasteiger partial charge in [0.2, 0.25) is 10.0 Å². The van der Waals surface area contributed by atoms with Crippen LogP contribution >= 0.6 is 0 Å². The summed E-state index contributed by atoms with van der Waals surface area (Å²) < 4.78 is 26.1. The summed E-state index contributed by atoms with van der Waals surface area (Å²) in [7, 11) is -1.54. The first kappa shape index (κ1) is 16.9. The van der Waals surface area contributed by atoms with Crippen LogP contribution in [0.4, 0.5) is 0 Å². The van der Waals surface area contributed by atoms with Crippen molar-refractivity contribution in [3.05, 3.63) is 0 Å². The van der Waals surface area contributed by atoms with Gasteiger partial charge >= 0.3 is 0 Å². The molecule has 5 heteroatoms. The number of nitrogens with zero attached hydrogens (tertiary/aromatic N) is 1. The Morgan fingerprint density at radius 2 is 1.53 bits per heavy atom. The van der Waals surface area contributed by atoms with Crippen LogP contribution in [0.1, 0.15) is 41.5 Å². The van der Waals surface area contributed by atoms with Crippen molar-refractivity contribution in [1.82, 2.24) is 9.62 Å². The summed E-state index contributed by atoms with van der Waals surface area (Å²) in [5.41, 5.74) is 0. The van der Waals surface area contributed by atoms with Gasteiger partial charge in [-0.25, -0.2) is 12.7 Å². The summed E-state index contributed by atoms with van der Waals surface area (Å²) in [5.74, 6) is 0.319. The molecule has 0 spiro atoms. The Balaban J connectivity index is 4.65. The molecule has 104 valence electrons. The molecule has 0 heterocycles. The van der Waals surface area contributed by atoms with Crippen LogP contribution in [0, 0.1) is 5.92 Å². The smallest absolute Gasteiger partial charge is 0.217 e. The molecule has 0 aliphatic rings. The minimum absolute atomic E-state index is 0.0292. The minimum atomic E-state index is -3.21. The zero-order valence-electron chi connectivity index (χ0n) is 12.2. The van der Waals surface area contributed by atoms with Gasteiger partial charge in [0.15, 0.2) is 0 Å². The van der Waals surface area contributed by atoms with Gasteiger partial charge in [-0.3, -0.25) is 0 Å². The van der Waals surface area contributed by atoms with Gasteiger partial charge in [-0.05, 0) is 19.8 Å². The Hall–Kier alpha value is -0.130. The lowest BCUT2D eigenvalue weighted by atomic mass is 10.1. The van der Waals surface area contributed by atoms with Gasteiger partial charge in [0, 0.05) is 25.7 Å². The van der Waals surface area contributed by atoms with E-state index in [1.165, 1.54) is 4.31 Å². The number of nitrogens with one attached hydrogen (secondary N) is 1. The second-order valence-corrected chi connectivity index (χ2v) is 7.83. The molecule has 0 bridgehead atoms. The molecule has 0 aliphatic carbocycles. The van der Waals surface area contributed by atoms with Crippen molar-refractivity contribution in [2.45, 2.75) is 58.9 Å². The zero-order chi connectivity index (χ0) is 13.8. The molecule has 0 radical (unpaired) electrons. The lowest BCUT2D eigenvalue weighted by Crippen LogP contribution is -2.46. The van der Waals surface area contributed by atoms with Crippen LogP contribution in [0.15, 0.2) is 0 Å². The fourth-order valence-electron chi connectivity index (χ4n) is 1.44. The molecule has 17 heavy (non-hydrogen) atoms. The van der Waals surface area contributed by atoms with Gasteiger partial charge in [-0.1, -0.05) is 27.7 Å². The highest BCUT2D eigenvalue weighted by Gasteiger charge is 2.30. The molecule has 0 saturated heterocycles. The Bertz CT molecular complexity index is 312. The summed E-state index contributed by atoms with van der Waals surface area (Å²) >= 11 is 0. The number of hydrogen-bond donors (Lipinski definition) is 1. The predicted octanol–water partition coefficient (Wildman–Crippen LogP) is 1.68. The summed E-state index contributed by atoms with van der Waals surface area (Å²) in [6.07, 6.45) is 0. The van der Waals surface area contributed by atoms with Gasteiger partial charge in [-0.15, -0.1) is 0 Å². The van der Waals surface area contributed by atoms with E-state index in [0.717, 1.165) is 0 Å². The number of rotatable bonds is 7. The van der Waals surface area contributed by atoms with E-state index in [0.29, 0.717) is 18.5 Å². The molecule has 0 aromatic rings. The molecular formula is C12H28N2O2S. The van der Waals surface area contributed by atoms with Crippen molar-refractivity contribution in [2.24, 2.45) is 5.92 Å². The van der Waals surface area contributed by atoms with Crippen LogP contribution in [-0.4, -0.2) is 43.6 Å². The van der Waals surface area contributed by atoms with E-state index in [1.54, 1.807) is 14.0 Å². The Morgan fingerprint density at radius 3 is 1.88 bits per heavy atom. The quantitative estimate of drug-likeness (QED) is 0.761. The highest BCUT2D eigenvalue weighted by atomic mass is 32.2. The van der Waals surface area contributed by atoms with E-state index in [4.69, 9.17) is 0 Å². The van der Waals surface area contributed by atoms with Crippen molar-refractivity contribution >= 4 is 10.0 Å². The van der Waals surface area contributed by atoms with Crippen LogP contribution in [-0.2, 0) is 10.0 Å². The van der Waals surface area contributed by atoms with Gasteiger partial charge in [0.05, 0.1) is 5.25 Å². The van der Waals surface area contributed by atoms with Crippen molar-refractivity contribution in [3.8, 4) is 0 Å². The van der Waals surface area contributed by atoms with Crippen LogP contribution < -0.4 is 5.32 Å². The zero-order valence-corrected chi connectivity index (χ0v) is 13.0. The third-order valence-electron chi connectivity index (χ3n) is 3.26. The minimum Gasteiger partial charge on any atom is -0.313 e. The average molecular weight is 264 g/mol. The first-order valence-electron chi connectivity index (χ1n) is 6.30. The molecule has 0 fully saturated rings. The fourth-order valence-corrected chi connectivity index (χ4v) is 3.02. The highest BCUT2D eigenvalue weighted by molar-refractivity contribution is 7.89. The predicted molar refractivity (Wildman–Crippen MR) is 73.6 cm³/mol. The van der Waals surface area contributed by atoms with E-state index in [-0.39, 0.29) is 6.04 Å². The monoisotopic (exact) mass is 264 g/mol. The molecule has 0 aromatic carbocycles. The van der Waals surface area contributed by atoms with E-state index < -0.39 is 15.3 Å². The molecule has 1 N–H and O–H groups in total. The standard InChI is InChI=1S/C12H28N2O2S/c1-9(2)12(6)14(7)17(15,16)11(5)8-13-10(3)4/h9-13H,8H2,1-7H3. The lowest BCUT2D eigenvalue weighted by molar-refractivity contribution is 0.312. The molecule has 0 aromatic heterocycles. The van der Waals surface area contributed by atoms with Gasteiger partial charge in [0.25, 0.3) is 0 Å². The van der Waals surface area contributed by atoms with E-state index in [1.807, 2.05) is 34.6 Å². The topological polar surface area (TPSA) is 49.4 Å². The Morgan fingerprint density at radius 1 is 1.06 bits per heavy atom. The molecule has 2 unspecified atom stereocenters. The lowest BCUT2D eigenvalue weighted by Gasteiger charge is -2.30. The summed E-state index contributed by atoms with van der Waals surface area (Å²) in [4.78, 5) is 0. The first-order valence-corrected chi connectivity index (χ1v) is 7.81. The molecule has 0 saturated carbocycles. The van der Waals surface area contributed by atoms with Crippen molar-refractivity contribution < 1.29 is 8.42 Å². The van der Waals surface area contributed by atoms with Gasteiger partial charge < -0.3 is 5.32 Å². The van der Waals surface area contributed by atoms with Crippen LogP contribution in [0.2, 0.25) is 0 Å². The summed E-state index contributed by atoms with van der Waals surface area (Å²) in [6.45, 7) is 12.3. The van der Waals surface area contributed by atoms with Gasteiger partial charge in [0.1, 0.15) is 0 Å². The molecule has 0 amide bonds. The second-order valence-electron chi connectivity index (χ2n) is 5.42. The van der Waals surface area contributed by atoms with Crippen LogP contribution in [0.25, 0.3) is 0 Å². The third-order valence-corrected chi connectivity index (χ3v) is 5.58. The van der Waals surface area contributed by atoms with Crippen molar-refractivity contribution in [3.63, 3.8) is 0 Å². The van der Waals surface area contributed by atoms with Crippen LogP contribution in [0.3, 0.4) is 0 Å². The maximum absolute atomic E-state index is 12.3. The van der Waals surface area contributed by atoms with E-state index in [2.05, 4.69) is 5.32 Å². The molecule has 0 rings (SSSR count). The second kappa shape index (κ2) is 6.71. The van der Waals surface area contributed by atoms with E-state index >= 15 is 0 Å². The van der Waals surface area contributed by atoms with Crippen molar-refractivity contribution in [2.75, 3.05) is 13.6 Å². The number of hydrogen-bond acceptors (Lipinski definition) is 3. The van der Waals surface area contributed by atoms with E-state index in [9.17, 15) is 8.42 Å². The molecule has 4 nitrogen and oxygen atoms in total. The number of sulfonamides is 1. The Labute approximate surface area is 107 Å². The Kier molecular flexibility index (Phi) is 6.66. The fraction of sp³-hybridized carbons (Fsp3) is 1.00. The molecular weight excluding hydrogens is 236 g/mol. The van der Waals surface area contributed by atoms with Gasteiger partial charge in [-0.2, -0.15) is 0 Å². The van der Waals surface area contributed by atoms with Crippen LogP contribution in [0.5, 0.6) is 0 Å². The normalized spacial score (nSPS) is 16.8. The maximum atomic E-state index is 12.3. The third kappa shape index (κ3) is 4.94. The highest BCUT2D eigenvalue weighted by Crippen LogP contribution is 2.15. The largest absolute Gasteiger partial charge is 0.313 e. The average Bonchev–Trinajstić information content (AvgIpc) is 2.23. The summed E-state index contributed by atoms with van der Waals surface area (Å²) in [5, 5.41) is 2.78. The maximum Gasteiger partial charge on any atom is 0.217 e.